The summed E-state index contributed by atoms with van der Waals surface area (Å²) in [5.74, 6) is -1.66. The summed E-state index contributed by atoms with van der Waals surface area (Å²) in [5.41, 5.74) is 0.479. The minimum Gasteiger partial charge on any atom is -0.492 e. The number of allylic oxidation sites excluding steroid dienone is 4. The van der Waals surface area contributed by atoms with Crippen LogP contribution in [0.15, 0.2) is 71.4 Å². The van der Waals surface area contributed by atoms with Crippen molar-refractivity contribution in [3.8, 4) is 0 Å². The first-order valence-corrected chi connectivity index (χ1v) is 9.10. The number of carbonyl (C=O) groups excluding carboxylic acids is 3. The summed E-state index contributed by atoms with van der Waals surface area (Å²) in [4.78, 5) is 38.5. The van der Waals surface area contributed by atoms with Crippen molar-refractivity contribution in [2.75, 3.05) is 0 Å². The number of nitrogens with zero attached hydrogens (tertiary/aromatic N) is 1. The van der Waals surface area contributed by atoms with E-state index in [1.165, 1.54) is 30.5 Å². The monoisotopic (exact) mass is 383 g/mol. The number of rotatable bonds is 3. The largest absolute Gasteiger partial charge is 0.492 e. The van der Waals surface area contributed by atoms with E-state index in [1.807, 2.05) is 0 Å². The summed E-state index contributed by atoms with van der Waals surface area (Å²) in [5, 5.41) is -0.502. The Morgan fingerprint density at radius 3 is 2.74 bits per heavy atom. The first-order chi connectivity index (χ1) is 13.0. The minimum absolute atomic E-state index is 0.119. The molecule has 0 N–H and O–H groups in total. The van der Waals surface area contributed by atoms with Gasteiger partial charge >= 0.3 is 0 Å². The van der Waals surface area contributed by atoms with Crippen molar-refractivity contribution in [2.24, 2.45) is 5.92 Å². The zero-order valence-electron chi connectivity index (χ0n) is 14.0. The van der Waals surface area contributed by atoms with Crippen LogP contribution in [0.25, 0.3) is 0 Å². The number of ketones is 1. The van der Waals surface area contributed by atoms with Crippen molar-refractivity contribution in [3.05, 3.63) is 82.8 Å². The number of imide groups is 1. The van der Waals surface area contributed by atoms with E-state index in [0.717, 1.165) is 16.7 Å². The molecule has 0 spiro atoms. The van der Waals surface area contributed by atoms with Crippen LogP contribution in [-0.2, 0) is 20.9 Å². The first-order valence-electron chi connectivity index (χ1n) is 8.28. The van der Waals surface area contributed by atoms with E-state index in [4.69, 9.17) is 4.74 Å². The van der Waals surface area contributed by atoms with E-state index in [0.29, 0.717) is 0 Å². The zero-order valence-corrected chi connectivity index (χ0v) is 14.8. The molecule has 1 aliphatic carbocycles. The van der Waals surface area contributed by atoms with Crippen molar-refractivity contribution in [3.63, 3.8) is 0 Å². The lowest BCUT2D eigenvalue weighted by molar-refractivity contribution is -0.123. The fourth-order valence-corrected chi connectivity index (χ4v) is 3.86. The van der Waals surface area contributed by atoms with Crippen LogP contribution < -0.4 is 0 Å². The lowest BCUT2D eigenvalue weighted by Gasteiger charge is -2.27. The normalized spacial score (nSPS) is 25.7. The fourth-order valence-electron chi connectivity index (χ4n) is 3.04. The van der Waals surface area contributed by atoms with Crippen LogP contribution in [0.2, 0.25) is 0 Å². The standard InChI is InChI=1S/C20H14FNO4S/c21-15-7-3-1-5-12(15)10-22-19(24)17(27-20(22)25)9-13-11-26-16-8-4-2-6-14(16)18(13)23/h1-9,11,14,16H,10H2/b17-9+/t14-,16+/m1/s1. The number of hydrogen-bond acceptors (Lipinski definition) is 5. The van der Waals surface area contributed by atoms with Gasteiger partial charge in [-0.15, -0.1) is 0 Å². The Hall–Kier alpha value is -2.93. The maximum absolute atomic E-state index is 13.8. The van der Waals surface area contributed by atoms with E-state index in [1.54, 1.807) is 30.4 Å². The SMILES string of the molecule is O=C1C(/C=C2/SC(=O)N(Cc3ccccc3F)C2=O)=CO[C@H]2C=CC=C[C@@H]12. The molecule has 7 heteroatoms. The predicted molar refractivity (Wildman–Crippen MR) is 97.8 cm³/mol. The van der Waals surface area contributed by atoms with Crippen LogP contribution in [0, 0.1) is 11.7 Å². The van der Waals surface area contributed by atoms with Gasteiger partial charge in [-0.25, -0.2) is 4.39 Å². The van der Waals surface area contributed by atoms with Crippen LogP contribution >= 0.6 is 11.8 Å². The summed E-state index contributed by atoms with van der Waals surface area (Å²) in [6, 6.07) is 5.97. The molecule has 1 fully saturated rings. The Balaban J connectivity index is 1.56. The van der Waals surface area contributed by atoms with Crippen LogP contribution in [0.1, 0.15) is 5.56 Å². The maximum atomic E-state index is 13.8. The molecule has 2 atom stereocenters. The highest BCUT2D eigenvalue weighted by atomic mass is 32.2. The number of hydrogen-bond donors (Lipinski definition) is 0. The molecule has 0 radical (unpaired) electrons. The second-order valence-electron chi connectivity index (χ2n) is 6.19. The van der Waals surface area contributed by atoms with Gasteiger partial charge in [-0.3, -0.25) is 19.3 Å². The summed E-state index contributed by atoms with van der Waals surface area (Å²) in [7, 11) is 0. The van der Waals surface area contributed by atoms with Gasteiger partial charge in [0.2, 0.25) is 0 Å². The van der Waals surface area contributed by atoms with Gasteiger partial charge in [-0.05, 0) is 30.0 Å². The number of benzene rings is 1. The highest BCUT2D eigenvalue weighted by molar-refractivity contribution is 8.18. The Labute approximate surface area is 158 Å². The minimum atomic E-state index is -0.553. The number of amides is 2. The first kappa shape index (κ1) is 17.5. The van der Waals surface area contributed by atoms with Gasteiger partial charge < -0.3 is 4.74 Å². The quantitative estimate of drug-likeness (QED) is 0.748. The third kappa shape index (κ3) is 3.26. The zero-order chi connectivity index (χ0) is 19.0. The number of halogens is 1. The molecule has 1 aromatic carbocycles. The maximum Gasteiger partial charge on any atom is 0.293 e. The predicted octanol–water partition coefficient (Wildman–Crippen LogP) is 3.50. The van der Waals surface area contributed by atoms with E-state index in [-0.39, 0.29) is 34.5 Å². The van der Waals surface area contributed by atoms with Gasteiger partial charge in [0.1, 0.15) is 11.9 Å². The Morgan fingerprint density at radius 2 is 1.93 bits per heavy atom. The number of thioether (sulfide) groups is 1. The van der Waals surface area contributed by atoms with Gasteiger partial charge in [0.25, 0.3) is 11.1 Å². The Kier molecular flexibility index (Phi) is 4.53. The Morgan fingerprint density at radius 1 is 1.15 bits per heavy atom. The van der Waals surface area contributed by atoms with Crippen LogP contribution in [0.5, 0.6) is 0 Å². The summed E-state index contributed by atoms with van der Waals surface area (Å²) >= 11 is 0.727. The topological polar surface area (TPSA) is 63.7 Å². The molecule has 136 valence electrons. The molecule has 27 heavy (non-hydrogen) atoms. The van der Waals surface area contributed by atoms with E-state index < -0.39 is 22.9 Å². The molecule has 4 rings (SSSR count). The van der Waals surface area contributed by atoms with Crippen molar-refractivity contribution < 1.29 is 23.5 Å². The molecule has 1 saturated heterocycles. The van der Waals surface area contributed by atoms with Crippen LogP contribution in [-0.4, -0.2) is 27.9 Å². The molecule has 0 bridgehead atoms. The number of carbonyl (C=O) groups is 3. The Bertz CT molecular complexity index is 962. The van der Waals surface area contributed by atoms with Crippen molar-refractivity contribution in [1.82, 2.24) is 4.90 Å². The second kappa shape index (κ2) is 7.00. The third-order valence-electron chi connectivity index (χ3n) is 4.47. The molecule has 5 nitrogen and oxygen atoms in total. The van der Waals surface area contributed by atoms with E-state index in [2.05, 4.69) is 0 Å². The lowest BCUT2D eigenvalue weighted by Crippen LogP contribution is -2.32. The molecule has 0 saturated carbocycles. The third-order valence-corrected chi connectivity index (χ3v) is 5.38. The van der Waals surface area contributed by atoms with Gasteiger partial charge in [0, 0.05) is 5.56 Å². The van der Waals surface area contributed by atoms with Crippen LogP contribution in [0.4, 0.5) is 9.18 Å². The summed E-state index contributed by atoms with van der Waals surface area (Å²) in [6.45, 7) is -0.156. The van der Waals surface area contributed by atoms with Crippen molar-refractivity contribution >= 4 is 28.7 Å². The molecule has 0 aromatic heterocycles. The summed E-state index contributed by atoms with van der Waals surface area (Å²) in [6.07, 6.45) is 9.45. The number of Topliss-reactive ketones (excluding diaryl/α,β-unsaturated/α-hetero) is 1. The smallest absolute Gasteiger partial charge is 0.293 e. The van der Waals surface area contributed by atoms with Gasteiger partial charge in [-0.2, -0.15) is 0 Å². The van der Waals surface area contributed by atoms with Crippen LogP contribution in [0.3, 0.4) is 0 Å². The molecule has 0 unspecified atom stereocenters. The average molecular weight is 383 g/mol. The second-order valence-corrected chi connectivity index (χ2v) is 7.19. The fraction of sp³-hybridized carbons (Fsp3) is 0.150. The van der Waals surface area contributed by atoms with E-state index in [9.17, 15) is 18.8 Å². The van der Waals surface area contributed by atoms with Gasteiger partial charge in [0.15, 0.2) is 5.78 Å². The molecule has 1 aromatic rings. The average Bonchev–Trinajstić information content (AvgIpc) is 2.93. The highest BCUT2D eigenvalue weighted by Gasteiger charge is 2.38. The van der Waals surface area contributed by atoms with Crippen molar-refractivity contribution in [1.29, 1.82) is 0 Å². The molecular formula is C20H14FNO4S. The highest BCUT2D eigenvalue weighted by Crippen LogP contribution is 2.35. The lowest BCUT2D eigenvalue weighted by atomic mass is 9.88. The van der Waals surface area contributed by atoms with Gasteiger partial charge in [0.05, 0.1) is 29.2 Å². The summed E-state index contributed by atoms with van der Waals surface area (Å²) < 4.78 is 19.4. The molecule has 2 heterocycles. The molecule has 3 aliphatic rings. The molecule has 2 aliphatic heterocycles. The molecule has 2 amide bonds. The number of fused-ring (bicyclic) bond motifs is 1. The van der Waals surface area contributed by atoms with Gasteiger partial charge in [-0.1, -0.05) is 36.4 Å². The molecular weight excluding hydrogens is 369 g/mol. The van der Waals surface area contributed by atoms with E-state index >= 15 is 0 Å². The van der Waals surface area contributed by atoms with Crippen molar-refractivity contribution in [2.45, 2.75) is 12.6 Å². The number of ether oxygens (including phenoxy) is 1.